The maximum atomic E-state index is 11.3. The van der Waals surface area contributed by atoms with E-state index in [1.54, 1.807) is 12.3 Å². The second-order valence-electron chi connectivity index (χ2n) is 2.46. The Morgan fingerprint density at radius 3 is 3.00 bits per heavy atom. The number of aromatic amines is 2. The third-order valence-corrected chi connectivity index (χ3v) is 2.20. The van der Waals surface area contributed by atoms with Gasteiger partial charge in [-0.3, -0.25) is 9.78 Å². The molecule has 0 amide bonds. The van der Waals surface area contributed by atoms with Crippen LogP contribution >= 0.6 is 28.1 Å². The molecule has 0 aliphatic carbocycles. The molecule has 0 aromatic carbocycles. The molecule has 0 aliphatic rings. The molecule has 0 radical (unpaired) electrons. The summed E-state index contributed by atoms with van der Waals surface area (Å²) in [6, 6.07) is 1.69. The number of hydrogen-bond acceptors (Lipinski definition) is 3. The first-order chi connectivity index (χ1) is 6.16. The van der Waals surface area contributed by atoms with E-state index >= 15 is 0 Å². The van der Waals surface area contributed by atoms with Crippen molar-refractivity contribution in [1.82, 2.24) is 15.0 Å². The van der Waals surface area contributed by atoms with Crippen LogP contribution in [-0.2, 0) is 0 Å². The van der Waals surface area contributed by atoms with Crippen molar-refractivity contribution in [3.05, 3.63) is 31.9 Å². The summed E-state index contributed by atoms with van der Waals surface area (Å²) in [5.41, 5.74) is 0.268. The summed E-state index contributed by atoms with van der Waals surface area (Å²) in [6.45, 7) is 0. The number of fused-ring (bicyclic) bond motifs is 1. The number of aromatic nitrogens is 3. The molecular weight excluding hydrogens is 254 g/mol. The van der Waals surface area contributed by atoms with Crippen LogP contribution in [-0.4, -0.2) is 15.0 Å². The quantitative estimate of drug-likeness (QED) is 0.707. The van der Waals surface area contributed by atoms with E-state index in [1.165, 1.54) is 0 Å². The van der Waals surface area contributed by atoms with Gasteiger partial charge in [-0.15, -0.1) is 0 Å². The van der Waals surface area contributed by atoms with Gasteiger partial charge in [0.15, 0.2) is 4.77 Å². The van der Waals surface area contributed by atoms with Crippen LogP contribution in [0.25, 0.3) is 11.0 Å². The van der Waals surface area contributed by atoms with Crippen molar-refractivity contribution in [3.63, 3.8) is 0 Å². The summed E-state index contributed by atoms with van der Waals surface area (Å²) in [7, 11) is 0. The van der Waals surface area contributed by atoms with Crippen LogP contribution < -0.4 is 5.56 Å². The van der Waals surface area contributed by atoms with Gasteiger partial charge in [0.25, 0.3) is 5.56 Å². The van der Waals surface area contributed by atoms with E-state index in [0.29, 0.717) is 11.0 Å². The standard InChI is InChI=1S/C7H4BrN3OS/c8-3-1-4-5(9-2-3)10-7(13)11-6(4)12/h1-2H,(H2,9,10,11,12,13). The lowest BCUT2D eigenvalue weighted by molar-refractivity contribution is 1.11. The van der Waals surface area contributed by atoms with Gasteiger partial charge in [-0.1, -0.05) is 0 Å². The zero-order valence-electron chi connectivity index (χ0n) is 6.30. The van der Waals surface area contributed by atoms with E-state index in [2.05, 4.69) is 30.9 Å². The monoisotopic (exact) mass is 257 g/mol. The first-order valence-electron chi connectivity index (χ1n) is 3.45. The number of pyridine rings is 1. The maximum Gasteiger partial charge on any atom is 0.261 e. The van der Waals surface area contributed by atoms with Crippen molar-refractivity contribution >= 4 is 39.2 Å². The van der Waals surface area contributed by atoms with Gasteiger partial charge in [0.05, 0.1) is 5.39 Å². The summed E-state index contributed by atoms with van der Waals surface area (Å²) in [5.74, 6) is 0. The van der Waals surface area contributed by atoms with E-state index in [0.717, 1.165) is 4.47 Å². The van der Waals surface area contributed by atoms with Crippen molar-refractivity contribution < 1.29 is 0 Å². The third-order valence-electron chi connectivity index (χ3n) is 1.56. The van der Waals surface area contributed by atoms with Crippen LogP contribution in [0.15, 0.2) is 21.5 Å². The molecule has 0 saturated heterocycles. The Morgan fingerprint density at radius 2 is 2.23 bits per heavy atom. The molecule has 0 saturated carbocycles. The average Bonchev–Trinajstić information content (AvgIpc) is 2.06. The molecule has 2 aromatic heterocycles. The van der Waals surface area contributed by atoms with Gasteiger partial charge in [-0.05, 0) is 34.2 Å². The molecule has 0 atom stereocenters. The zero-order chi connectivity index (χ0) is 9.42. The lowest BCUT2D eigenvalue weighted by Gasteiger charge is -1.95. The first-order valence-corrected chi connectivity index (χ1v) is 4.65. The second kappa shape index (κ2) is 3.04. The molecule has 13 heavy (non-hydrogen) atoms. The molecule has 6 heteroatoms. The Kier molecular flexibility index (Phi) is 2.01. The van der Waals surface area contributed by atoms with Crippen LogP contribution in [0.3, 0.4) is 0 Å². The number of H-pyrrole nitrogens is 2. The van der Waals surface area contributed by atoms with Crippen LogP contribution in [0.1, 0.15) is 0 Å². The van der Waals surface area contributed by atoms with E-state index < -0.39 is 0 Å². The normalized spacial score (nSPS) is 10.5. The second-order valence-corrected chi connectivity index (χ2v) is 3.78. The molecule has 0 fully saturated rings. The molecule has 0 spiro atoms. The van der Waals surface area contributed by atoms with Crippen LogP contribution in [0.4, 0.5) is 0 Å². The maximum absolute atomic E-state index is 11.3. The first kappa shape index (κ1) is 8.58. The zero-order valence-corrected chi connectivity index (χ0v) is 8.70. The predicted octanol–water partition coefficient (Wildman–Crippen LogP) is 1.74. The summed E-state index contributed by atoms with van der Waals surface area (Å²) in [4.78, 5) is 20.6. The summed E-state index contributed by atoms with van der Waals surface area (Å²) >= 11 is 8.03. The molecule has 0 unspecified atom stereocenters. The van der Waals surface area contributed by atoms with E-state index in [9.17, 15) is 4.79 Å². The smallest absolute Gasteiger partial charge is 0.261 e. The summed E-state index contributed by atoms with van der Waals surface area (Å²) in [5, 5.41) is 0.489. The van der Waals surface area contributed by atoms with Crippen LogP contribution in [0.2, 0.25) is 0 Å². The molecule has 2 heterocycles. The third kappa shape index (κ3) is 1.54. The molecule has 2 rings (SSSR count). The Labute approximate surface area is 86.2 Å². The number of hydrogen-bond donors (Lipinski definition) is 2. The van der Waals surface area contributed by atoms with Gasteiger partial charge in [0, 0.05) is 10.7 Å². The van der Waals surface area contributed by atoms with E-state index in [4.69, 9.17) is 12.2 Å². The van der Waals surface area contributed by atoms with Gasteiger partial charge < -0.3 is 4.98 Å². The van der Waals surface area contributed by atoms with Gasteiger partial charge in [-0.25, -0.2) is 4.98 Å². The SMILES string of the molecule is O=c1[nH]c(=S)[nH]c2ncc(Br)cc12. The van der Waals surface area contributed by atoms with Crippen molar-refractivity contribution in [2.45, 2.75) is 0 Å². The Balaban J connectivity index is 3.04. The van der Waals surface area contributed by atoms with Gasteiger partial charge in [0.2, 0.25) is 0 Å². The highest BCUT2D eigenvalue weighted by Gasteiger charge is 2.00. The van der Waals surface area contributed by atoms with Crippen molar-refractivity contribution in [2.24, 2.45) is 0 Å². The molecule has 2 aromatic rings. The molecule has 66 valence electrons. The lowest BCUT2D eigenvalue weighted by atomic mass is 10.3. The Morgan fingerprint density at radius 1 is 1.46 bits per heavy atom. The minimum Gasteiger partial charge on any atom is -0.316 e. The highest BCUT2D eigenvalue weighted by Crippen LogP contribution is 2.11. The number of nitrogens with zero attached hydrogens (tertiary/aromatic N) is 1. The Bertz CT molecular complexity index is 574. The predicted molar refractivity (Wildman–Crippen MR) is 55.2 cm³/mol. The van der Waals surface area contributed by atoms with Gasteiger partial charge in [-0.2, -0.15) is 0 Å². The molecule has 0 bridgehead atoms. The highest BCUT2D eigenvalue weighted by atomic mass is 79.9. The number of nitrogens with one attached hydrogen (secondary N) is 2. The van der Waals surface area contributed by atoms with Crippen molar-refractivity contribution in [2.75, 3.05) is 0 Å². The minimum atomic E-state index is -0.229. The molecule has 0 aliphatic heterocycles. The molecule has 2 N–H and O–H groups in total. The summed E-state index contributed by atoms with van der Waals surface area (Å²) in [6.07, 6.45) is 1.60. The van der Waals surface area contributed by atoms with Crippen LogP contribution in [0, 0.1) is 4.77 Å². The van der Waals surface area contributed by atoms with Gasteiger partial charge >= 0.3 is 0 Å². The van der Waals surface area contributed by atoms with E-state index in [1.807, 2.05) is 0 Å². The number of rotatable bonds is 0. The van der Waals surface area contributed by atoms with E-state index in [-0.39, 0.29) is 10.3 Å². The summed E-state index contributed by atoms with van der Waals surface area (Å²) < 4.78 is 1.04. The number of halogens is 1. The molecule has 4 nitrogen and oxygen atoms in total. The topological polar surface area (TPSA) is 61.5 Å². The average molecular weight is 258 g/mol. The lowest BCUT2D eigenvalue weighted by Crippen LogP contribution is -2.08. The molecular formula is C7H4BrN3OS. The fraction of sp³-hybridized carbons (Fsp3) is 0. The fourth-order valence-electron chi connectivity index (χ4n) is 1.02. The fourth-order valence-corrected chi connectivity index (χ4v) is 1.54. The van der Waals surface area contributed by atoms with Crippen molar-refractivity contribution in [3.8, 4) is 0 Å². The van der Waals surface area contributed by atoms with Crippen LogP contribution in [0.5, 0.6) is 0 Å². The Hall–Kier alpha value is -1.01. The minimum absolute atomic E-state index is 0.229. The van der Waals surface area contributed by atoms with Crippen molar-refractivity contribution in [1.29, 1.82) is 0 Å². The highest BCUT2D eigenvalue weighted by molar-refractivity contribution is 9.10. The largest absolute Gasteiger partial charge is 0.316 e. The van der Waals surface area contributed by atoms with Gasteiger partial charge in [0.1, 0.15) is 5.65 Å².